The van der Waals surface area contributed by atoms with Crippen LogP contribution in [0.15, 0.2) is 0 Å². The molecule has 1 amide bonds. The summed E-state index contributed by atoms with van der Waals surface area (Å²) in [6.07, 6.45) is 1.75. The molecule has 0 saturated heterocycles. The Morgan fingerprint density at radius 3 is 2.19 bits per heavy atom. The van der Waals surface area contributed by atoms with Crippen LogP contribution in [-0.2, 0) is 19.4 Å². The summed E-state index contributed by atoms with van der Waals surface area (Å²) in [5.41, 5.74) is -1.29. The molecule has 1 N–H and O–H groups in total. The van der Waals surface area contributed by atoms with Crippen molar-refractivity contribution in [3.63, 3.8) is 0 Å². The van der Waals surface area contributed by atoms with Crippen molar-refractivity contribution in [1.82, 2.24) is 4.90 Å². The monoisotopic (exact) mass is 249 g/mol. The highest BCUT2D eigenvalue weighted by molar-refractivity contribution is 7.90. The van der Waals surface area contributed by atoms with E-state index in [2.05, 4.69) is 0 Å². The van der Waals surface area contributed by atoms with Gasteiger partial charge in [-0.05, 0) is 12.8 Å². The van der Waals surface area contributed by atoms with E-state index in [1.807, 2.05) is 0 Å². The summed E-state index contributed by atoms with van der Waals surface area (Å²) in [6.45, 7) is 0.0344. The van der Waals surface area contributed by atoms with Gasteiger partial charge in [0.2, 0.25) is 5.91 Å². The predicted octanol–water partition coefficient (Wildman–Crippen LogP) is -0.646. The Bertz CT molecular complexity index is 410. The lowest BCUT2D eigenvalue weighted by Gasteiger charge is -2.20. The second-order valence-electron chi connectivity index (χ2n) is 4.24. The van der Waals surface area contributed by atoms with Gasteiger partial charge in [0.15, 0.2) is 0 Å². The van der Waals surface area contributed by atoms with Crippen molar-refractivity contribution in [2.45, 2.75) is 12.8 Å². The van der Waals surface area contributed by atoms with E-state index >= 15 is 0 Å². The van der Waals surface area contributed by atoms with Crippen molar-refractivity contribution >= 4 is 21.7 Å². The third kappa shape index (κ3) is 2.72. The standard InChI is InChI=1S/C9H15NO5S/c1-10(5-6-16(2,14)15)7(11)9(3-4-9)8(12)13/h3-6H2,1-2H3,(H,12,13). The van der Waals surface area contributed by atoms with E-state index in [0.29, 0.717) is 12.8 Å². The lowest BCUT2D eigenvalue weighted by atomic mass is 10.1. The molecule has 0 unspecified atom stereocenters. The number of amides is 1. The molecular weight excluding hydrogens is 234 g/mol. The number of carbonyl (C=O) groups is 2. The molecule has 0 spiro atoms. The molecule has 16 heavy (non-hydrogen) atoms. The zero-order valence-corrected chi connectivity index (χ0v) is 10.1. The number of carboxylic acids is 1. The first-order valence-electron chi connectivity index (χ1n) is 4.86. The molecule has 1 saturated carbocycles. The van der Waals surface area contributed by atoms with Gasteiger partial charge in [-0.3, -0.25) is 9.59 Å². The second-order valence-corrected chi connectivity index (χ2v) is 6.50. The molecule has 0 aliphatic heterocycles. The molecule has 92 valence electrons. The Labute approximate surface area is 94.2 Å². The van der Waals surface area contributed by atoms with Crippen LogP contribution >= 0.6 is 0 Å². The number of carboxylic acid groups (broad SMARTS) is 1. The quantitative estimate of drug-likeness (QED) is 0.654. The molecule has 1 rings (SSSR count). The number of aliphatic carboxylic acids is 1. The first-order chi connectivity index (χ1) is 7.19. The van der Waals surface area contributed by atoms with Crippen molar-refractivity contribution in [1.29, 1.82) is 0 Å². The fourth-order valence-corrected chi connectivity index (χ4v) is 2.02. The van der Waals surface area contributed by atoms with Crippen LogP contribution in [0, 0.1) is 5.41 Å². The zero-order chi connectivity index (χ0) is 12.6. The fourth-order valence-electron chi connectivity index (χ4n) is 1.41. The summed E-state index contributed by atoms with van der Waals surface area (Å²) in [6, 6.07) is 0. The van der Waals surface area contributed by atoms with Crippen LogP contribution in [0.4, 0.5) is 0 Å². The fraction of sp³-hybridized carbons (Fsp3) is 0.778. The Morgan fingerprint density at radius 1 is 1.38 bits per heavy atom. The highest BCUT2D eigenvalue weighted by Gasteiger charge is 2.58. The van der Waals surface area contributed by atoms with Crippen molar-refractivity contribution in [2.75, 3.05) is 25.6 Å². The van der Waals surface area contributed by atoms with Gasteiger partial charge in [0, 0.05) is 19.8 Å². The van der Waals surface area contributed by atoms with Crippen molar-refractivity contribution in [3.8, 4) is 0 Å². The van der Waals surface area contributed by atoms with Gasteiger partial charge in [0.05, 0.1) is 5.75 Å². The van der Waals surface area contributed by atoms with Gasteiger partial charge in [0.25, 0.3) is 0 Å². The van der Waals surface area contributed by atoms with Gasteiger partial charge in [-0.2, -0.15) is 0 Å². The molecule has 1 aliphatic carbocycles. The number of hydrogen-bond donors (Lipinski definition) is 1. The first kappa shape index (κ1) is 13.0. The van der Waals surface area contributed by atoms with Crippen LogP contribution in [-0.4, -0.2) is 55.9 Å². The maximum absolute atomic E-state index is 11.7. The van der Waals surface area contributed by atoms with Crippen molar-refractivity contribution in [2.24, 2.45) is 5.41 Å². The SMILES string of the molecule is CN(CCS(C)(=O)=O)C(=O)C1(C(=O)O)CC1. The average Bonchev–Trinajstić information content (AvgIpc) is 2.92. The van der Waals surface area contributed by atoms with Crippen LogP contribution < -0.4 is 0 Å². The van der Waals surface area contributed by atoms with E-state index in [9.17, 15) is 18.0 Å². The van der Waals surface area contributed by atoms with Gasteiger partial charge in [-0.1, -0.05) is 0 Å². The minimum atomic E-state index is -3.14. The molecular formula is C9H15NO5S. The number of carbonyl (C=O) groups excluding carboxylic acids is 1. The summed E-state index contributed by atoms with van der Waals surface area (Å²) in [5.74, 6) is -1.77. The van der Waals surface area contributed by atoms with E-state index in [-0.39, 0.29) is 12.3 Å². The molecule has 0 bridgehead atoms. The topological polar surface area (TPSA) is 91.8 Å². The van der Waals surface area contributed by atoms with E-state index in [1.165, 1.54) is 11.9 Å². The van der Waals surface area contributed by atoms with Gasteiger partial charge in [-0.25, -0.2) is 8.42 Å². The number of rotatable bonds is 5. The van der Waals surface area contributed by atoms with Gasteiger partial charge < -0.3 is 10.0 Å². The van der Waals surface area contributed by atoms with Crippen molar-refractivity contribution < 1.29 is 23.1 Å². The maximum Gasteiger partial charge on any atom is 0.319 e. The van der Waals surface area contributed by atoms with Gasteiger partial charge >= 0.3 is 5.97 Å². The minimum Gasteiger partial charge on any atom is -0.480 e. The summed E-state index contributed by atoms with van der Waals surface area (Å²) < 4.78 is 21.8. The van der Waals surface area contributed by atoms with E-state index < -0.39 is 27.1 Å². The van der Waals surface area contributed by atoms with E-state index in [1.54, 1.807) is 0 Å². The molecule has 0 atom stereocenters. The van der Waals surface area contributed by atoms with E-state index in [0.717, 1.165) is 6.26 Å². The summed E-state index contributed by atoms with van der Waals surface area (Å²) in [7, 11) is -1.71. The van der Waals surface area contributed by atoms with Gasteiger partial charge in [0.1, 0.15) is 15.3 Å². The Morgan fingerprint density at radius 2 is 1.88 bits per heavy atom. The second kappa shape index (κ2) is 4.04. The molecule has 1 fully saturated rings. The lowest BCUT2D eigenvalue weighted by molar-refractivity contribution is -0.152. The average molecular weight is 249 g/mol. The molecule has 7 heteroatoms. The lowest BCUT2D eigenvalue weighted by Crippen LogP contribution is -2.40. The normalized spacial score (nSPS) is 17.9. The summed E-state index contributed by atoms with van der Waals surface area (Å²) in [5, 5.41) is 8.89. The Kier molecular flexibility index (Phi) is 3.27. The number of sulfone groups is 1. The predicted molar refractivity (Wildman–Crippen MR) is 56.7 cm³/mol. The molecule has 0 heterocycles. The van der Waals surface area contributed by atoms with Crippen LogP contribution in [0.25, 0.3) is 0 Å². The number of hydrogen-bond acceptors (Lipinski definition) is 4. The molecule has 1 aliphatic rings. The highest BCUT2D eigenvalue weighted by atomic mass is 32.2. The largest absolute Gasteiger partial charge is 0.480 e. The Balaban J connectivity index is 2.59. The van der Waals surface area contributed by atoms with Crippen LogP contribution in [0.2, 0.25) is 0 Å². The highest BCUT2D eigenvalue weighted by Crippen LogP contribution is 2.47. The number of nitrogens with zero attached hydrogens (tertiary/aromatic N) is 1. The van der Waals surface area contributed by atoms with Crippen LogP contribution in [0.5, 0.6) is 0 Å². The van der Waals surface area contributed by atoms with Crippen LogP contribution in [0.1, 0.15) is 12.8 Å². The van der Waals surface area contributed by atoms with Crippen LogP contribution in [0.3, 0.4) is 0 Å². The van der Waals surface area contributed by atoms with E-state index in [4.69, 9.17) is 5.11 Å². The molecule has 0 aromatic heterocycles. The first-order valence-corrected chi connectivity index (χ1v) is 6.92. The summed E-state index contributed by atoms with van der Waals surface area (Å²) >= 11 is 0. The third-order valence-corrected chi connectivity index (χ3v) is 3.64. The molecule has 0 aromatic carbocycles. The Hall–Kier alpha value is -1.11. The maximum atomic E-state index is 11.7. The zero-order valence-electron chi connectivity index (χ0n) is 9.26. The smallest absolute Gasteiger partial charge is 0.319 e. The summed E-state index contributed by atoms with van der Waals surface area (Å²) in [4.78, 5) is 23.8. The molecule has 0 radical (unpaired) electrons. The minimum absolute atomic E-state index is 0.0344. The van der Waals surface area contributed by atoms with Gasteiger partial charge in [-0.15, -0.1) is 0 Å². The molecule has 0 aromatic rings. The third-order valence-electron chi connectivity index (χ3n) is 2.71. The van der Waals surface area contributed by atoms with Crippen molar-refractivity contribution in [3.05, 3.63) is 0 Å². The molecule has 6 nitrogen and oxygen atoms in total.